The van der Waals surface area contributed by atoms with Crippen LogP contribution < -0.4 is 4.74 Å². The Kier molecular flexibility index (Phi) is 6.45. The summed E-state index contributed by atoms with van der Waals surface area (Å²) in [6, 6.07) is 22.3. The number of aliphatic hydroxyl groups is 1. The summed E-state index contributed by atoms with van der Waals surface area (Å²) >= 11 is 0. The minimum Gasteiger partial charge on any atom is -0.507 e. The van der Waals surface area contributed by atoms with E-state index in [0.717, 1.165) is 5.56 Å². The molecule has 0 radical (unpaired) electrons. The summed E-state index contributed by atoms with van der Waals surface area (Å²) in [5.74, 6) is -1.42. The lowest BCUT2D eigenvalue weighted by molar-refractivity contribution is -0.139. The second-order valence-electron chi connectivity index (χ2n) is 7.75. The van der Waals surface area contributed by atoms with Crippen molar-refractivity contribution in [2.75, 3.05) is 13.2 Å². The van der Waals surface area contributed by atoms with Crippen LogP contribution in [-0.4, -0.2) is 40.0 Å². The molecule has 2 N–H and O–H groups in total. The van der Waals surface area contributed by atoms with E-state index in [4.69, 9.17) is 4.74 Å². The first-order valence-corrected chi connectivity index (χ1v) is 10.8. The van der Waals surface area contributed by atoms with Crippen molar-refractivity contribution < 1.29 is 24.5 Å². The van der Waals surface area contributed by atoms with Gasteiger partial charge in [-0.3, -0.25) is 9.59 Å². The van der Waals surface area contributed by atoms with E-state index in [1.54, 1.807) is 49.4 Å². The molecular weight excluding hydrogens is 418 g/mol. The zero-order chi connectivity index (χ0) is 23.4. The Morgan fingerprint density at radius 1 is 0.970 bits per heavy atom. The predicted octanol–water partition coefficient (Wildman–Crippen LogP) is 4.46. The molecule has 3 aromatic carbocycles. The highest BCUT2D eigenvalue weighted by molar-refractivity contribution is 6.46. The zero-order valence-electron chi connectivity index (χ0n) is 18.3. The van der Waals surface area contributed by atoms with Gasteiger partial charge in [0.1, 0.15) is 5.76 Å². The van der Waals surface area contributed by atoms with Crippen molar-refractivity contribution in [3.8, 4) is 11.5 Å². The van der Waals surface area contributed by atoms with Crippen LogP contribution in [0.5, 0.6) is 11.5 Å². The number of hydrogen-bond acceptors (Lipinski definition) is 5. The molecular formula is C27H25NO5. The van der Waals surface area contributed by atoms with E-state index in [0.29, 0.717) is 24.2 Å². The van der Waals surface area contributed by atoms with Crippen molar-refractivity contribution in [2.45, 2.75) is 19.4 Å². The Labute approximate surface area is 192 Å². The second-order valence-corrected chi connectivity index (χ2v) is 7.75. The molecule has 0 bridgehead atoms. The van der Waals surface area contributed by atoms with Crippen LogP contribution in [0, 0.1) is 0 Å². The van der Waals surface area contributed by atoms with E-state index < -0.39 is 17.7 Å². The number of rotatable bonds is 7. The molecule has 1 saturated heterocycles. The smallest absolute Gasteiger partial charge is 0.295 e. The van der Waals surface area contributed by atoms with Gasteiger partial charge in [-0.2, -0.15) is 0 Å². The first-order chi connectivity index (χ1) is 16.0. The average Bonchev–Trinajstić information content (AvgIpc) is 3.10. The predicted molar refractivity (Wildman–Crippen MR) is 125 cm³/mol. The summed E-state index contributed by atoms with van der Waals surface area (Å²) in [6.07, 6.45) is 0.548. The normalized spacial score (nSPS) is 17.4. The molecule has 1 heterocycles. The lowest BCUT2D eigenvalue weighted by Crippen LogP contribution is -2.31. The number of carbonyl (C=O) groups is 2. The molecule has 1 unspecified atom stereocenters. The third-order valence-corrected chi connectivity index (χ3v) is 5.67. The number of aliphatic hydroxyl groups excluding tert-OH is 1. The van der Waals surface area contributed by atoms with Gasteiger partial charge in [-0.1, -0.05) is 66.7 Å². The van der Waals surface area contributed by atoms with Gasteiger partial charge in [0.05, 0.1) is 18.2 Å². The monoisotopic (exact) mass is 443 g/mol. The van der Waals surface area contributed by atoms with E-state index >= 15 is 0 Å². The third-order valence-electron chi connectivity index (χ3n) is 5.67. The number of Topliss-reactive ketones (excluding diaryl/α,β-unsaturated/α-hetero) is 1. The summed E-state index contributed by atoms with van der Waals surface area (Å²) < 4.78 is 5.52. The Balaban J connectivity index is 1.81. The number of phenolic OH excluding ortho intramolecular Hbond substituents is 1. The Bertz CT molecular complexity index is 1190. The van der Waals surface area contributed by atoms with Gasteiger partial charge in [-0.25, -0.2) is 0 Å². The quantitative estimate of drug-likeness (QED) is 0.320. The summed E-state index contributed by atoms with van der Waals surface area (Å²) in [7, 11) is 0. The topological polar surface area (TPSA) is 87.1 Å². The Morgan fingerprint density at radius 3 is 2.30 bits per heavy atom. The molecule has 3 aromatic rings. The summed E-state index contributed by atoms with van der Waals surface area (Å²) in [6.45, 7) is 2.43. The minimum absolute atomic E-state index is 0.0207. The molecule has 0 aliphatic carbocycles. The van der Waals surface area contributed by atoms with Crippen LogP contribution in [0.15, 0.2) is 84.4 Å². The lowest BCUT2D eigenvalue weighted by atomic mass is 9.95. The molecule has 1 amide bonds. The van der Waals surface area contributed by atoms with Crippen molar-refractivity contribution in [1.29, 1.82) is 0 Å². The molecule has 33 heavy (non-hydrogen) atoms. The van der Waals surface area contributed by atoms with Crippen molar-refractivity contribution in [1.82, 2.24) is 4.90 Å². The highest BCUT2D eigenvalue weighted by Gasteiger charge is 2.46. The van der Waals surface area contributed by atoms with Crippen LogP contribution >= 0.6 is 0 Å². The number of amides is 1. The highest BCUT2D eigenvalue weighted by Crippen LogP contribution is 2.41. The summed E-state index contributed by atoms with van der Waals surface area (Å²) in [4.78, 5) is 27.7. The fraction of sp³-hybridized carbons (Fsp3) is 0.185. The van der Waals surface area contributed by atoms with E-state index in [9.17, 15) is 19.8 Å². The first-order valence-electron chi connectivity index (χ1n) is 10.8. The molecule has 168 valence electrons. The molecule has 4 rings (SSSR count). The van der Waals surface area contributed by atoms with Crippen LogP contribution in [0.2, 0.25) is 0 Å². The number of carbonyl (C=O) groups excluding carboxylic acids is 2. The van der Waals surface area contributed by atoms with Crippen LogP contribution in [0.25, 0.3) is 5.76 Å². The second kappa shape index (κ2) is 9.61. The number of nitrogens with zero attached hydrogens (tertiary/aromatic N) is 1. The Morgan fingerprint density at radius 2 is 1.64 bits per heavy atom. The summed E-state index contributed by atoms with van der Waals surface area (Å²) in [5, 5.41) is 21.2. The fourth-order valence-electron chi connectivity index (χ4n) is 4.07. The van der Waals surface area contributed by atoms with Crippen LogP contribution in [0.4, 0.5) is 0 Å². The molecule has 0 spiro atoms. The van der Waals surface area contributed by atoms with Gasteiger partial charge in [-0.15, -0.1) is 0 Å². The van der Waals surface area contributed by atoms with Crippen molar-refractivity contribution in [2.24, 2.45) is 0 Å². The van der Waals surface area contributed by atoms with Gasteiger partial charge in [-0.05, 0) is 36.6 Å². The number of aromatic hydroxyl groups is 1. The van der Waals surface area contributed by atoms with Crippen molar-refractivity contribution >= 4 is 17.4 Å². The van der Waals surface area contributed by atoms with Crippen molar-refractivity contribution in [3.63, 3.8) is 0 Å². The van der Waals surface area contributed by atoms with Crippen LogP contribution in [-0.2, 0) is 16.0 Å². The van der Waals surface area contributed by atoms with Gasteiger partial charge < -0.3 is 19.8 Å². The minimum atomic E-state index is -0.811. The maximum Gasteiger partial charge on any atom is 0.295 e. The molecule has 0 aromatic heterocycles. The van der Waals surface area contributed by atoms with E-state index in [-0.39, 0.29) is 29.4 Å². The molecule has 6 heteroatoms. The molecule has 0 saturated carbocycles. The largest absolute Gasteiger partial charge is 0.507 e. The zero-order valence-corrected chi connectivity index (χ0v) is 18.3. The van der Waals surface area contributed by atoms with Gasteiger partial charge in [0.15, 0.2) is 11.5 Å². The van der Waals surface area contributed by atoms with E-state index in [2.05, 4.69) is 0 Å². The molecule has 1 fully saturated rings. The lowest BCUT2D eigenvalue weighted by Gasteiger charge is -2.26. The number of phenols is 1. The fourth-order valence-corrected chi connectivity index (χ4v) is 4.07. The number of ether oxygens (including phenoxy) is 1. The average molecular weight is 443 g/mol. The van der Waals surface area contributed by atoms with E-state index in [1.165, 1.54) is 11.0 Å². The number of hydrogen-bond donors (Lipinski definition) is 2. The van der Waals surface area contributed by atoms with Gasteiger partial charge in [0.2, 0.25) is 0 Å². The van der Waals surface area contributed by atoms with Gasteiger partial charge in [0.25, 0.3) is 11.7 Å². The molecule has 6 nitrogen and oxygen atoms in total. The maximum atomic E-state index is 13.1. The standard InChI is InChI=1S/C27H25NO5/c1-2-33-22-17-20(13-14-21(22)29)24-23(25(30)19-11-7-4-8-12-19)26(31)27(32)28(24)16-15-18-9-5-3-6-10-18/h3-14,17,24,29-30H,2,15-16H2,1H3/b25-23+. The van der Waals surface area contributed by atoms with Gasteiger partial charge in [0, 0.05) is 12.1 Å². The molecule has 1 aliphatic heterocycles. The maximum absolute atomic E-state index is 13.1. The number of ketones is 1. The van der Waals surface area contributed by atoms with E-state index in [1.807, 2.05) is 30.3 Å². The SMILES string of the molecule is CCOc1cc(C2/C(=C(\O)c3ccccc3)C(=O)C(=O)N2CCc2ccccc2)ccc1O. The summed E-state index contributed by atoms with van der Waals surface area (Å²) in [5.41, 5.74) is 2.07. The Hall–Kier alpha value is -4.06. The number of benzene rings is 3. The highest BCUT2D eigenvalue weighted by atomic mass is 16.5. The molecule has 1 atom stereocenters. The van der Waals surface area contributed by atoms with Gasteiger partial charge >= 0.3 is 0 Å². The number of likely N-dealkylation sites (tertiary alicyclic amines) is 1. The van der Waals surface area contributed by atoms with Crippen LogP contribution in [0.3, 0.4) is 0 Å². The third kappa shape index (κ3) is 4.46. The molecule has 1 aliphatic rings. The van der Waals surface area contributed by atoms with Crippen molar-refractivity contribution in [3.05, 3.63) is 101 Å². The first kappa shape index (κ1) is 22.1. The van der Waals surface area contributed by atoms with Crippen LogP contribution in [0.1, 0.15) is 29.7 Å².